The summed E-state index contributed by atoms with van der Waals surface area (Å²) in [5, 5.41) is 24.1. The number of carbonyl (C=O) groups is 2. The van der Waals surface area contributed by atoms with Gasteiger partial charge >= 0.3 is 11.9 Å². The molecule has 3 aromatic rings. The van der Waals surface area contributed by atoms with Crippen LogP contribution in [0.4, 0.5) is 0 Å². The number of carboxylic acids is 2. The Labute approximate surface area is 161 Å². The maximum absolute atomic E-state index is 9.10. The first-order valence-electron chi connectivity index (χ1n) is 7.89. The van der Waals surface area contributed by atoms with Crippen LogP contribution in [-0.4, -0.2) is 55.3 Å². The lowest BCUT2D eigenvalue weighted by Gasteiger charge is -2.36. The van der Waals surface area contributed by atoms with Crippen LogP contribution in [-0.2, 0) is 16.1 Å². The fourth-order valence-corrected chi connectivity index (χ4v) is 3.73. The minimum absolute atomic E-state index is 0.353. The number of rotatable bonds is 4. The van der Waals surface area contributed by atoms with E-state index in [2.05, 4.69) is 25.4 Å². The van der Waals surface area contributed by atoms with Crippen LogP contribution in [0.15, 0.2) is 27.4 Å². The van der Waals surface area contributed by atoms with Gasteiger partial charge in [-0.25, -0.2) is 14.6 Å². The van der Waals surface area contributed by atoms with E-state index < -0.39 is 11.9 Å². The molecule has 0 spiro atoms. The number of aliphatic carboxylic acids is 2. The molecule has 4 heterocycles. The summed E-state index contributed by atoms with van der Waals surface area (Å²) in [7, 11) is 0. The molecule has 27 heavy (non-hydrogen) atoms. The zero-order chi connectivity index (χ0) is 19.4. The summed E-state index contributed by atoms with van der Waals surface area (Å²) < 4.78 is 5.40. The van der Waals surface area contributed by atoms with Gasteiger partial charge in [0.2, 0.25) is 11.7 Å². The number of aryl methyl sites for hydroxylation is 1. The summed E-state index contributed by atoms with van der Waals surface area (Å²) >= 11 is 3.33. The second-order valence-corrected chi connectivity index (χ2v) is 7.80. The highest BCUT2D eigenvalue weighted by Crippen LogP contribution is 2.29. The quantitative estimate of drug-likeness (QED) is 0.625. The highest BCUT2D eigenvalue weighted by Gasteiger charge is 2.33. The van der Waals surface area contributed by atoms with Gasteiger partial charge in [0.15, 0.2) is 0 Å². The maximum atomic E-state index is 9.10. The van der Waals surface area contributed by atoms with Crippen molar-refractivity contribution in [1.29, 1.82) is 0 Å². The second kappa shape index (κ2) is 8.37. The van der Waals surface area contributed by atoms with Gasteiger partial charge in [0.25, 0.3) is 0 Å². The standard InChI is InChI=1S/C14H14N4OS2.C2H2O4/c1-9-15-11(8-21-9)7-18-5-10(6-18)14-16-13(17-19-14)12-3-2-4-20-12;3-1(4)2(5)6/h2-4,8,10H,5-7H2,1H3;(H,3,4)(H,5,6). The van der Waals surface area contributed by atoms with E-state index in [1.807, 2.05) is 24.4 Å². The van der Waals surface area contributed by atoms with Crippen LogP contribution in [0.3, 0.4) is 0 Å². The molecule has 0 aromatic carbocycles. The highest BCUT2D eigenvalue weighted by atomic mass is 32.1. The number of hydrogen-bond donors (Lipinski definition) is 2. The van der Waals surface area contributed by atoms with E-state index in [1.54, 1.807) is 22.7 Å². The number of thiazole rings is 1. The van der Waals surface area contributed by atoms with E-state index in [-0.39, 0.29) is 0 Å². The molecule has 1 fully saturated rings. The molecule has 11 heteroatoms. The molecule has 4 rings (SSSR count). The summed E-state index contributed by atoms with van der Waals surface area (Å²) in [5.74, 6) is -1.84. The van der Waals surface area contributed by atoms with Crippen molar-refractivity contribution in [2.75, 3.05) is 13.1 Å². The molecule has 1 aliphatic rings. The molecule has 9 nitrogen and oxygen atoms in total. The van der Waals surface area contributed by atoms with Crippen LogP contribution in [0, 0.1) is 6.92 Å². The lowest BCUT2D eigenvalue weighted by molar-refractivity contribution is -0.159. The topological polar surface area (TPSA) is 130 Å². The summed E-state index contributed by atoms with van der Waals surface area (Å²) in [6.07, 6.45) is 0. The van der Waals surface area contributed by atoms with Crippen molar-refractivity contribution < 1.29 is 24.3 Å². The first-order valence-corrected chi connectivity index (χ1v) is 9.65. The highest BCUT2D eigenvalue weighted by molar-refractivity contribution is 7.13. The number of aromatic nitrogens is 3. The predicted octanol–water partition coefficient (Wildman–Crippen LogP) is 2.32. The van der Waals surface area contributed by atoms with Crippen LogP contribution >= 0.6 is 22.7 Å². The molecule has 0 bridgehead atoms. The summed E-state index contributed by atoms with van der Waals surface area (Å²) in [6.45, 7) is 4.87. The predicted molar refractivity (Wildman–Crippen MR) is 97.8 cm³/mol. The van der Waals surface area contributed by atoms with Gasteiger partial charge in [-0.3, -0.25) is 4.90 Å². The van der Waals surface area contributed by atoms with Crippen LogP contribution in [0.5, 0.6) is 0 Å². The first kappa shape index (κ1) is 19.1. The molecule has 142 valence electrons. The van der Waals surface area contributed by atoms with Gasteiger partial charge in [0.05, 0.1) is 21.5 Å². The van der Waals surface area contributed by atoms with Crippen molar-refractivity contribution in [3.63, 3.8) is 0 Å². The molecular weight excluding hydrogens is 392 g/mol. The fourth-order valence-electron chi connectivity index (χ4n) is 2.47. The van der Waals surface area contributed by atoms with E-state index in [9.17, 15) is 0 Å². The minimum Gasteiger partial charge on any atom is -0.473 e. The molecule has 1 aliphatic heterocycles. The second-order valence-electron chi connectivity index (χ2n) is 5.79. The van der Waals surface area contributed by atoms with Crippen molar-refractivity contribution in [1.82, 2.24) is 20.0 Å². The van der Waals surface area contributed by atoms with Crippen LogP contribution < -0.4 is 0 Å². The third kappa shape index (κ3) is 4.96. The number of thiophene rings is 1. The molecule has 0 unspecified atom stereocenters. The lowest BCUT2D eigenvalue weighted by atomic mass is 10.00. The maximum Gasteiger partial charge on any atom is 0.414 e. The number of likely N-dealkylation sites (tertiary alicyclic amines) is 1. The van der Waals surface area contributed by atoms with Crippen LogP contribution in [0.1, 0.15) is 22.5 Å². The van der Waals surface area contributed by atoms with Crippen LogP contribution in [0.25, 0.3) is 10.7 Å². The zero-order valence-corrected chi connectivity index (χ0v) is 15.9. The van der Waals surface area contributed by atoms with Crippen molar-refractivity contribution >= 4 is 34.6 Å². The fraction of sp³-hybridized carbons (Fsp3) is 0.312. The van der Waals surface area contributed by atoms with Gasteiger partial charge in [-0.15, -0.1) is 22.7 Å². The first-order chi connectivity index (χ1) is 12.9. The third-order valence-corrected chi connectivity index (χ3v) is 5.41. The Balaban J connectivity index is 0.000000307. The van der Waals surface area contributed by atoms with Crippen molar-refractivity contribution in [2.45, 2.75) is 19.4 Å². The van der Waals surface area contributed by atoms with E-state index >= 15 is 0 Å². The molecule has 0 amide bonds. The van der Waals surface area contributed by atoms with Gasteiger partial charge < -0.3 is 14.7 Å². The molecule has 3 aromatic heterocycles. The number of carboxylic acid groups (broad SMARTS) is 2. The van der Waals surface area contributed by atoms with E-state index in [4.69, 9.17) is 24.3 Å². The summed E-state index contributed by atoms with van der Waals surface area (Å²) in [6, 6.07) is 4.01. The average Bonchev–Trinajstić information content (AvgIpc) is 3.32. The van der Waals surface area contributed by atoms with Gasteiger partial charge in [-0.05, 0) is 18.4 Å². The Bertz CT molecular complexity index is 903. The van der Waals surface area contributed by atoms with Crippen molar-refractivity contribution in [3.05, 3.63) is 39.5 Å². The SMILES string of the molecule is Cc1nc(CN2CC(c3nc(-c4cccs4)no3)C2)cs1.O=C(O)C(=O)O. The largest absolute Gasteiger partial charge is 0.473 e. The van der Waals surface area contributed by atoms with Gasteiger partial charge in [0.1, 0.15) is 0 Å². The molecule has 0 aliphatic carbocycles. The molecule has 0 atom stereocenters. The smallest absolute Gasteiger partial charge is 0.414 e. The van der Waals surface area contributed by atoms with Crippen molar-refractivity contribution in [3.8, 4) is 10.7 Å². The Morgan fingerprint density at radius 3 is 2.56 bits per heavy atom. The average molecular weight is 408 g/mol. The van der Waals surface area contributed by atoms with Gasteiger partial charge in [0, 0.05) is 25.0 Å². The summed E-state index contributed by atoms with van der Waals surface area (Å²) in [4.78, 5) is 30.6. The van der Waals surface area contributed by atoms with Gasteiger partial charge in [-0.1, -0.05) is 11.2 Å². The molecular formula is C16H16N4O5S2. The molecule has 0 saturated carbocycles. The Kier molecular flexibility index (Phi) is 5.94. The van der Waals surface area contributed by atoms with E-state index in [1.165, 1.54) is 0 Å². The Hall–Kier alpha value is -2.63. The Morgan fingerprint density at radius 2 is 2.00 bits per heavy atom. The molecule has 2 N–H and O–H groups in total. The Morgan fingerprint density at radius 1 is 1.26 bits per heavy atom. The minimum atomic E-state index is -1.82. The van der Waals surface area contributed by atoms with Crippen LogP contribution in [0.2, 0.25) is 0 Å². The van der Waals surface area contributed by atoms with E-state index in [0.29, 0.717) is 11.7 Å². The molecule has 1 saturated heterocycles. The molecule has 0 radical (unpaired) electrons. The number of nitrogens with zero attached hydrogens (tertiary/aromatic N) is 4. The third-order valence-electron chi connectivity index (χ3n) is 3.72. The monoisotopic (exact) mass is 408 g/mol. The zero-order valence-electron chi connectivity index (χ0n) is 14.2. The van der Waals surface area contributed by atoms with Gasteiger partial charge in [-0.2, -0.15) is 4.98 Å². The lowest BCUT2D eigenvalue weighted by Crippen LogP contribution is -2.44. The van der Waals surface area contributed by atoms with E-state index in [0.717, 1.165) is 41.1 Å². The number of hydrogen-bond acceptors (Lipinski definition) is 9. The normalized spacial score (nSPS) is 14.3. The van der Waals surface area contributed by atoms with Crippen molar-refractivity contribution in [2.24, 2.45) is 0 Å². The summed E-state index contributed by atoms with van der Waals surface area (Å²) in [5.41, 5.74) is 1.15.